The summed E-state index contributed by atoms with van der Waals surface area (Å²) >= 11 is 1.49. The number of thiophene rings is 1. The molecule has 1 unspecified atom stereocenters. The number of methoxy groups -OCH3 is 2. The molecule has 8 nitrogen and oxygen atoms in total. The molecule has 0 amide bonds. The van der Waals surface area contributed by atoms with Crippen LogP contribution in [0.3, 0.4) is 0 Å². The van der Waals surface area contributed by atoms with Crippen molar-refractivity contribution in [1.29, 1.82) is 0 Å². The van der Waals surface area contributed by atoms with Gasteiger partial charge in [-0.15, -0.1) is 23.7 Å². The Morgan fingerprint density at radius 2 is 1.96 bits per heavy atom. The van der Waals surface area contributed by atoms with Crippen LogP contribution in [0.4, 0.5) is 0 Å². The average molecular weight is 400 g/mol. The largest absolute Gasteiger partial charge is 0.480 e. The first-order valence-corrected chi connectivity index (χ1v) is 8.72. The summed E-state index contributed by atoms with van der Waals surface area (Å²) in [5, 5.41) is 8.10. The third-order valence-corrected chi connectivity index (χ3v) is 5.09. The van der Waals surface area contributed by atoms with Gasteiger partial charge in [-0.05, 0) is 26.5 Å². The zero-order valence-electron chi connectivity index (χ0n) is 15.3. The van der Waals surface area contributed by atoms with Crippen molar-refractivity contribution in [2.75, 3.05) is 21.3 Å². The third-order valence-electron chi connectivity index (χ3n) is 3.91. The highest BCUT2D eigenvalue weighted by atomic mass is 35.5. The SMILES string of the molecule is CNC(C)Cc1noc(-c2sc3nc(COC)nc(OC)c3c2C)n1.Cl. The molecule has 1 atom stereocenters. The molecule has 142 valence electrons. The Hall–Kier alpha value is -1.81. The quantitative estimate of drug-likeness (QED) is 0.648. The van der Waals surface area contributed by atoms with Crippen molar-refractivity contribution < 1.29 is 14.0 Å². The minimum atomic E-state index is 0. The maximum Gasteiger partial charge on any atom is 0.268 e. The second-order valence-corrected chi connectivity index (χ2v) is 6.73. The highest BCUT2D eigenvalue weighted by Gasteiger charge is 2.22. The summed E-state index contributed by atoms with van der Waals surface area (Å²) in [6.07, 6.45) is 0.699. The number of hydrogen-bond acceptors (Lipinski definition) is 9. The van der Waals surface area contributed by atoms with Crippen LogP contribution in [0, 0.1) is 6.92 Å². The summed E-state index contributed by atoms with van der Waals surface area (Å²) in [6.45, 7) is 4.37. The van der Waals surface area contributed by atoms with Crippen LogP contribution in [-0.2, 0) is 17.8 Å². The van der Waals surface area contributed by atoms with Crippen molar-refractivity contribution >= 4 is 34.0 Å². The van der Waals surface area contributed by atoms with Gasteiger partial charge in [0.15, 0.2) is 11.6 Å². The van der Waals surface area contributed by atoms with E-state index in [1.807, 2.05) is 14.0 Å². The highest BCUT2D eigenvalue weighted by Crippen LogP contribution is 2.40. The molecule has 3 aromatic heterocycles. The monoisotopic (exact) mass is 399 g/mol. The van der Waals surface area contributed by atoms with Gasteiger partial charge in [-0.2, -0.15) is 9.97 Å². The number of likely N-dealkylation sites (N-methyl/N-ethyl adjacent to an activating group) is 1. The highest BCUT2D eigenvalue weighted by molar-refractivity contribution is 7.22. The van der Waals surface area contributed by atoms with Crippen molar-refractivity contribution in [1.82, 2.24) is 25.4 Å². The Bertz CT molecular complexity index is 882. The summed E-state index contributed by atoms with van der Waals surface area (Å²) in [5.41, 5.74) is 0.970. The number of nitrogens with one attached hydrogen (secondary N) is 1. The summed E-state index contributed by atoms with van der Waals surface area (Å²) in [7, 11) is 5.11. The predicted octanol–water partition coefficient (Wildman–Crippen LogP) is 2.78. The Morgan fingerprint density at radius 3 is 2.62 bits per heavy atom. The average Bonchev–Trinajstić information content (AvgIpc) is 3.19. The number of nitrogens with zero attached hydrogens (tertiary/aromatic N) is 4. The van der Waals surface area contributed by atoms with E-state index in [1.54, 1.807) is 14.2 Å². The zero-order chi connectivity index (χ0) is 18.0. The van der Waals surface area contributed by atoms with Crippen molar-refractivity contribution in [2.45, 2.75) is 32.9 Å². The van der Waals surface area contributed by atoms with Crippen LogP contribution in [0.2, 0.25) is 0 Å². The normalized spacial score (nSPS) is 12.2. The van der Waals surface area contributed by atoms with E-state index in [0.29, 0.717) is 36.4 Å². The fourth-order valence-corrected chi connectivity index (χ4v) is 3.61. The Kier molecular flexibility index (Phi) is 6.87. The van der Waals surface area contributed by atoms with Gasteiger partial charge in [-0.1, -0.05) is 5.16 Å². The van der Waals surface area contributed by atoms with E-state index in [0.717, 1.165) is 20.7 Å². The van der Waals surface area contributed by atoms with Crippen LogP contribution in [0.15, 0.2) is 4.52 Å². The van der Waals surface area contributed by atoms with Crippen LogP contribution in [0.5, 0.6) is 5.88 Å². The lowest BCUT2D eigenvalue weighted by molar-refractivity contribution is 0.177. The van der Waals surface area contributed by atoms with Gasteiger partial charge >= 0.3 is 0 Å². The van der Waals surface area contributed by atoms with Gasteiger partial charge in [0.1, 0.15) is 11.4 Å². The molecule has 0 aliphatic carbocycles. The standard InChI is InChI=1S/C16H21N5O3S.ClH/c1-8(17-3)6-10-18-15(24-21-10)13-9(2)12-14(23-5)19-11(7-22-4)20-16(12)25-13;/h8,17H,6-7H2,1-5H3;1H. The number of rotatable bonds is 7. The van der Waals surface area contributed by atoms with Crippen LogP contribution < -0.4 is 10.1 Å². The first-order chi connectivity index (χ1) is 12.1. The second-order valence-electron chi connectivity index (χ2n) is 5.73. The molecule has 0 radical (unpaired) electrons. The van der Waals surface area contributed by atoms with E-state index in [1.165, 1.54) is 11.3 Å². The molecule has 3 rings (SSSR count). The Balaban J connectivity index is 0.00000243. The third kappa shape index (κ3) is 3.96. The molecule has 1 N–H and O–H groups in total. The summed E-state index contributed by atoms with van der Waals surface area (Å²) in [5.74, 6) is 2.27. The lowest BCUT2D eigenvalue weighted by Gasteiger charge is -2.04. The van der Waals surface area contributed by atoms with Crippen molar-refractivity contribution in [2.24, 2.45) is 0 Å². The van der Waals surface area contributed by atoms with Gasteiger partial charge in [0.25, 0.3) is 5.89 Å². The van der Waals surface area contributed by atoms with E-state index in [9.17, 15) is 0 Å². The summed E-state index contributed by atoms with van der Waals surface area (Å²) in [4.78, 5) is 15.2. The zero-order valence-corrected chi connectivity index (χ0v) is 17.0. The maximum absolute atomic E-state index is 5.47. The van der Waals surface area contributed by atoms with Crippen LogP contribution in [-0.4, -0.2) is 47.4 Å². The van der Waals surface area contributed by atoms with Crippen molar-refractivity contribution in [3.05, 3.63) is 17.2 Å². The topological polar surface area (TPSA) is 95.2 Å². The number of aryl methyl sites for hydroxylation is 1. The lowest BCUT2D eigenvalue weighted by Crippen LogP contribution is -2.24. The van der Waals surface area contributed by atoms with Gasteiger partial charge in [0.2, 0.25) is 5.88 Å². The van der Waals surface area contributed by atoms with Crippen LogP contribution in [0.1, 0.15) is 24.1 Å². The number of ether oxygens (including phenoxy) is 2. The molecule has 0 aromatic carbocycles. The Morgan fingerprint density at radius 1 is 1.19 bits per heavy atom. The first-order valence-electron chi connectivity index (χ1n) is 7.90. The minimum Gasteiger partial charge on any atom is -0.480 e. The maximum atomic E-state index is 5.47. The van der Waals surface area contributed by atoms with Gasteiger partial charge in [0.05, 0.1) is 17.4 Å². The number of hydrogen-bond donors (Lipinski definition) is 1. The summed E-state index contributed by atoms with van der Waals surface area (Å²) in [6, 6.07) is 0.275. The molecular formula is C16H22ClN5O3S. The van der Waals surface area contributed by atoms with E-state index in [2.05, 4.69) is 32.3 Å². The molecule has 0 fully saturated rings. The number of aromatic nitrogens is 4. The molecule has 10 heteroatoms. The second kappa shape index (κ2) is 8.72. The molecule has 3 heterocycles. The van der Waals surface area contributed by atoms with Crippen LogP contribution in [0.25, 0.3) is 21.0 Å². The smallest absolute Gasteiger partial charge is 0.268 e. The number of fused-ring (bicyclic) bond motifs is 1. The van der Waals surface area contributed by atoms with Crippen molar-refractivity contribution in [3.8, 4) is 16.6 Å². The van der Waals surface area contributed by atoms with Gasteiger partial charge in [0, 0.05) is 19.6 Å². The van der Waals surface area contributed by atoms with Gasteiger partial charge in [-0.25, -0.2) is 4.98 Å². The lowest BCUT2D eigenvalue weighted by atomic mass is 10.2. The van der Waals surface area contributed by atoms with Gasteiger partial charge < -0.3 is 19.3 Å². The van der Waals surface area contributed by atoms with Crippen LogP contribution >= 0.6 is 23.7 Å². The molecule has 0 saturated carbocycles. The van der Waals surface area contributed by atoms with E-state index >= 15 is 0 Å². The molecule has 0 aliphatic heterocycles. The summed E-state index contributed by atoms with van der Waals surface area (Å²) < 4.78 is 16.0. The fourth-order valence-electron chi connectivity index (χ4n) is 2.49. The molecule has 0 saturated heterocycles. The van der Waals surface area contributed by atoms with E-state index < -0.39 is 0 Å². The molecule has 0 aliphatic rings. The van der Waals surface area contributed by atoms with Crippen molar-refractivity contribution in [3.63, 3.8) is 0 Å². The molecule has 3 aromatic rings. The van der Waals surface area contributed by atoms with Gasteiger partial charge in [-0.3, -0.25) is 0 Å². The first kappa shape index (κ1) is 20.5. The Labute approximate surface area is 161 Å². The fraction of sp³-hybridized carbons (Fsp3) is 0.500. The predicted molar refractivity (Wildman–Crippen MR) is 102 cm³/mol. The molecule has 0 spiro atoms. The number of halogens is 1. The molecule has 0 bridgehead atoms. The molecule has 26 heavy (non-hydrogen) atoms. The van der Waals surface area contributed by atoms with E-state index in [4.69, 9.17) is 14.0 Å². The molecular weight excluding hydrogens is 378 g/mol. The minimum absolute atomic E-state index is 0. The van der Waals surface area contributed by atoms with E-state index in [-0.39, 0.29) is 18.4 Å².